The summed E-state index contributed by atoms with van der Waals surface area (Å²) < 4.78 is 17.7. The van der Waals surface area contributed by atoms with Crippen molar-refractivity contribution in [2.45, 2.75) is 51.1 Å². The molecule has 0 bridgehead atoms. The van der Waals surface area contributed by atoms with E-state index in [0.717, 1.165) is 5.56 Å². The number of carbonyl (C=O) groups is 1. The van der Waals surface area contributed by atoms with Gasteiger partial charge in [-0.25, -0.2) is 4.79 Å². The Morgan fingerprint density at radius 3 is 2.30 bits per heavy atom. The van der Waals surface area contributed by atoms with Crippen LogP contribution in [0.5, 0.6) is 0 Å². The molecular formula is C22H27NO4. The van der Waals surface area contributed by atoms with Crippen LogP contribution in [0.15, 0.2) is 60.7 Å². The van der Waals surface area contributed by atoms with E-state index in [1.165, 1.54) is 0 Å². The van der Waals surface area contributed by atoms with Crippen LogP contribution < -0.4 is 5.32 Å². The lowest BCUT2D eigenvalue weighted by Crippen LogP contribution is -2.36. The Morgan fingerprint density at radius 1 is 1.07 bits per heavy atom. The monoisotopic (exact) mass is 369 g/mol. The molecule has 3 rings (SSSR count). The van der Waals surface area contributed by atoms with E-state index in [4.69, 9.17) is 14.2 Å². The van der Waals surface area contributed by atoms with Crippen LogP contribution in [0.25, 0.3) is 0 Å². The molecule has 2 aromatic carbocycles. The zero-order chi connectivity index (χ0) is 19.3. The molecule has 2 atom stereocenters. The van der Waals surface area contributed by atoms with Crippen LogP contribution in [-0.2, 0) is 19.8 Å². The van der Waals surface area contributed by atoms with Gasteiger partial charge in [0.05, 0.1) is 12.7 Å². The van der Waals surface area contributed by atoms with Crippen LogP contribution in [0.4, 0.5) is 10.5 Å². The van der Waals surface area contributed by atoms with E-state index >= 15 is 0 Å². The van der Waals surface area contributed by atoms with Crippen LogP contribution in [0.2, 0.25) is 0 Å². The molecule has 144 valence electrons. The number of benzene rings is 2. The summed E-state index contributed by atoms with van der Waals surface area (Å²) in [5.41, 5.74) is 1.24. The second-order valence-corrected chi connectivity index (χ2v) is 7.25. The third-order valence-corrected chi connectivity index (χ3v) is 4.75. The van der Waals surface area contributed by atoms with E-state index in [1.54, 1.807) is 0 Å². The standard InChI is InChI=1S/C22H27NO4/c1-17-22(27-21(2,3)26-17,18-11-6-4-7-12-18)15-10-16-25-20(24)23-19-13-8-5-9-14-19/h4-9,11-14,17H,10,15-16H2,1-3H3,(H,23,24)/t17-,22+/m0/s1. The molecule has 1 aliphatic heterocycles. The van der Waals surface area contributed by atoms with Crippen LogP contribution >= 0.6 is 0 Å². The zero-order valence-corrected chi connectivity index (χ0v) is 16.1. The maximum atomic E-state index is 11.9. The predicted molar refractivity (Wildman–Crippen MR) is 104 cm³/mol. The van der Waals surface area contributed by atoms with Crippen molar-refractivity contribution in [1.29, 1.82) is 0 Å². The van der Waals surface area contributed by atoms with Gasteiger partial charge in [0, 0.05) is 5.69 Å². The smallest absolute Gasteiger partial charge is 0.411 e. The molecule has 0 saturated carbocycles. The molecule has 1 fully saturated rings. The topological polar surface area (TPSA) is 56.8 Å². The predicted octanol–water partition coefficient (Wildman–Crippen LogP) is 5.08. The Balaban J connectivity index is 1.59. The summed E-state index contributed by atoms with van der Waals surface area (Å²) in [4.78, 5) is 11.9. The van der Waals surface area contributed by atoms with Crippen molar-refractivity contribution < 1.29 is 19.0 Å². The Labute approximate surface area is 160 Å². The number of anilines is 1. The van der Waals surface area contributed by atoms with Crippen molar-refractivity contribution in [2.24, 2.45) is 0 Å². The minimum atomic E-state index is -0.652. The number of hydrogen-bond acceptors (Lipinski definition) is 4. The number of amides is 1. The average molecular weight is 369 g/mol. The van der Waals surface area contributed by atoms with E-state index < -0.39 is 17.5 Å². The van der Waals surface area contributed by atoms with Gasteiger partial charge in [-0.15, -0.1) is 0 Å². The van der Waals surface area contributed by atoms with Crippen LogP contribution in [0.3, 0.4) is 0 Å². The van der Waals surface area contributed by atoms with Gasteiger partial charge in [0.1, 0.15) is 5.60 Å². The fraction of sp³-hybridized carbons (Fsp3) is 0.409. The van der Waals surface area contributed by atoms with Crippen molar-refractivity contribution in [2.75, 3.05) is 11.9 Å². The maximum absolute atomic E-state index is 11.9. The molecular weight excluding hydrogens is 342 g/mol. The summed E-state index contributed by atoms with van der Waals surface area (Å²) in [6.07, 6.45) is 0.807. The summed E-state index contributed by atoms with van der Waals surface area (Å²) in [5.74, 6) is -0.652. The fourth-order valence-corrected chi connectivity index (χ4v) is 3.65. The van der Waals surface area contributed by atoms with E-state index in [1.807, 2.05) is 69.3 Å². The molecule has 1 aliphatic rings. The molecule has 0 unspecified atom stereocenters. The molecule has 0 radical (unpaired) electrons. The maximum Gasteiger partial charge on any atom is 0.411 e. The molecule has 1 N–H and O–H groups in total. The number of rotatable bonds is 6. The molecule has 0 aliphatic carbocycles. The number of nitrogens with one attached hydrogen (secondary N) is 1. The third kappa shape index (κ3) is 4.67. The minimum Gasteiger partial charge on any atom is -0.449 e. The highest BCUT2D eigenvalue weighted by molar-refractivity contribution is 5.84. The van der Waals surface area contributed by atoms with Gasteiger partial charge in [0.2, 0.25) is 0 Å². The molecule has 27 heavy (non-hydrogen) atoms. The molecule has 1 amide bonds. The highest BCUT2D eigenvalue weighted by atomic mass is 16.8. The fourth-order valence-electron chi connectivity index (χ4n) is 3.65. The number of para-hydroxylation sites is 1. The van der Waals surface area contributed by atoms with Crippen molar-refractivity contribution in [1.82, 2.24) is 0 Å². The minimum absolute atomic E-state index is 0.104. The molecule has 5 nitrogen and oxygen atoms in total. The lowest BCUT2D eigenvalue weighted by Gasteiger charge is -2.32. The Hall–Kier alpha value is -2.37. The molecule has 1 saturated heterocycles. The average Bonchev–Trinajstić information content (AvgIpc) is 2.89. The Kier molecular flexibility index (Phi) is 5.82. The first kappa shape index (κ1) is 19.4. The first-order valence-electron chi connectivity index (χ1n) is 9.34. The van der Waals surface area contributed by atoms with Crippen molar-refractivity contribution in [3.05, 3.63) is 66.2 Å². The molecule has 1 heterocycles. The lowest BCUT2D eigenvalue weighted by molar-refractivity contribution is -0.167. The second kappa shape index (κ2) is 8.11. The van der Waals surface area contributed by atoms with Gasteiger partial charge in [-0.05, 0) is 51.3 Å². The highest BCUT2D eigenvalue weighted by Gasteiger charge is 2.51. The van der Waals surface area contributed by atoms with Gasteiger partial charge in [0.25, 0.3) is 0 Å². The zero-order valence-electron chi connectivity index (χ0n) is 16.1. The summed E-state index contributed by atoms with van der Waals surface area (Å²) in [6, 6.07) is 19.4. The van der Waals surface area contributed by atoms with Crippen LogP contribution in [0, 0.1) is 0 Å². The lowest BCUT2D eigenvalue weighted by atomic mass is 9.85. The third-order valence-electron chi connectivity index (χ3n) is 4.75. The first-order valence-corrected chi connectivity index (χ1v) is 9.34. The number of ether oxygens (including phenoxy) is 3. The van der Waals surface area contributed by atoms with Gasteiger partial charge < -0.3 is 14.2 Å². The normalized spacial score (nSPS) is 23.7. The Bertz CT molecular complexity index is 747. The van der Waals surface area contributed by atoms with Crippen LogP contribution in [0.1, 0.15) is 39.2 Å². The Morgan fingerprint density at radius 2 is 1.70 bits per heavy atom. The van der Waals surface area contributed by atoms with E-state index in [2.05, 4.69) is 17.4 Å². The summed E-state index contributed by atoms with van der Waals surface area (Å²) in [7, 11) is 0. The van der Waals surface area contributed by atoms with Gasteiger partial charge in [-0.1, -0.05) is 48.5 Å². The van der Waals surface area contributed by atoms with Gasteiger partial charge in [-0.3, -0.25) is 5.32 Å². The molecule has 0 spiro atoms. The SMILES string of the molecule is C[C@@H]1OC(C)(C)O[C@@]1(CCCOC(=O)Nc1ccccc1)c1ccccc1. The van der Waals surface area contributed by atoms with Crippen molar-refractivity contribution in [3.8, 4) is 0 Å². The summed E-state index contributed by atoms with van der Waals surface area (Å²) in [5, 5.41) is 2.72. The second-order valence-electron chi connectivity index (χ2n) is 7.25. The first-order chi connectivity index (χ1) is 12.9. The summed E-state index contributed by atoms with van der Waals surface area (Å²) >= 11 is 0. The number of carbonyl (C=O) groups excluding carboxylic acids is 1. The largest absolute Gasteiger partial charge is 0.449 e. The molecule has 0 aromatic heterocycles. The van der Waals surface area contributed by atoms with E-state index in [-0.39, 0.29) is 6.10 Å². The van der Waals surface area contributed by atoms with Crippen molar-refractivity contribution in [3.63, 3.8) is 0 Å². The van der Waals surface area contributed by atoms with Gasteiger partial charge >= 0.3 is 6.09 Å². The van der Waals surface area contributed by atoms with Crippen molar-refractivity contribution >= 4 is 11.8 Å². The quantitative estimate of drug-likeness (QED) is 0.721. The van der Waals surface area contributed by atoms with Gasteiger partial charge in [-0.2, -0.15) is 0 Å². The molecule has 5 heteroatoms. The van der Waals surface area contributed by atoms with Crippen LogP contribution in [-0.4, -0.2) is 24.6 Å². The highest BCUT2D eigenvalue weighted by Crippen LogP contribution is 2.46. The molecule has 2 aromatic rings. The van der Waals surface area contributed by atoms with Gasteiger partial charge in [0.15, 0.2) is 5.79 Å². The van der Waals surface area contributed by atoms with E-state index in [0.29, 0.717) is 25.1 Å². The van der Waals surface area contributed by atoms with E-state index in [9.17, 15) is 4.79 Å². The number of hydrogen-bond donors (Lipinski definition) is 1. The summed E-state index contributed by atoms with van der Waals surface area (Å²) in [6.45, 7) is 6.20.